The van der Waals surface area contributed by atoms with Crippen LogP contribution >= 0.6 is 0 Å². The summed E-state index contributed by atoms with van der Waals surface area (Å²) in [5, 5.41) is 3.43. The first kappa shape index (κ1) is 15.7. The number of aromatic amines is 1. The molecular weight excluding hydrogens is 300 g/mol. The average molecular weight is 326 g/mol. The number of hydrogen-bond donors (Lipinski definition) is 2. The molecule has 2 aromatic rings. The molecule has 1 saturated carbocycles. The van der Waals surface area contributed by atoms with Crippen molar-refractivity contribution in [1.29, 1.82) is 0 Å². The van der Waals surface area contributed by atoms with Crippen LogP contribution in [0.5, 0.6) is 5.75 Å². The van der Waals surface area contributed by atoms with E-state index in [1.54, 1.807) is 6.33 Å². The minimum absolute atomic E-state index is 0.0695. The van der Waals surface area contributed by atoms with E-state index in [1.807, 2.05) is 6.20 Å². The number of imidazole rings is 1. The van der Waals surface area contributed by atoms with Gasteiger partial charge in [-0.25, -0.2) is 4.98 Å². The van der Waals surface area contributed by atoms with Crippen molar-refractivity contribution in [2.75, 3.05) is 13.6 Å². The summed E-state index contributed by atoms with van der Waals surface area (Å²) in [6, 6.07) is 9.12. The Morgan fingerprint density at radius 2 is 2.17 bits per heavy atom. The van der Waals surface area contributed by atoms with Gasteiger partial charge in [0.2, 0.25) is 0 Å². The first-order chi connectivity index (χ1) is 11.8. The van der Waals surface area contributed by atoms with Crippen molar-refractivity contribution in [3.63, 3.8) is 0 Å². The van der Waals surface area contributed by atoms with E-state index in [-0.39, 0.29) is 5.60 Å². The fourth-order valence-electron chi connectivity index (χ4n) is 4.12. The van der Waals surface area contributed by atoms with Crippen molar-refractivity contribution in [1.82, 2.24) is 20.2 Å². The van der Waals surface area contributed by atoms with Gasteiger partial charge in [-0.05, 0) is 38.8 Å². The highest BCUT2D eigenvalue weighted by molar-refractivity contribution is 5.35. The second-order valence-corrected chi connectivity index (χ2v) is 7.18. The van der Waals surface area contributed by atoms with Gasteiger partial charge in [-0.3, -0.25) is 4.90 Å². The van der Waals surface area contributed by atoms with Crippen molar-refractivity contribution in [2.45, 2.75) is 50.4 Å². The van der Waals surface area contributed by atoms with Crippen molar-refractivity contribution in [3.05, 3.63) is 48.0 Å². The fourth-order valence-corrected chi connectivity index (χ4v) is 4.12. The molecule has 2 aliphatic rings. The van der Waals surface area contributed by atoms with E-state index in [9.17, 15) is 0 Å². The Morgan fingerprint density at radius 3 is 2.92 bits per heavy atom. The molecule has 0 amide bonds. The van der Waals surface area contributed by atoms with Crippen LogP contribution in [0, 0.1) is 0 Å². The van der Waals surface area contributed by atoms with E-state index in [0.717, 1.165) is 43.9 Å². The zero-order valence-electron chi connectivity index (χ0n) is 14.3. The second kappa shape index (κ2) is 6.57. The van der Waals surface area contributed by atoms with Crippen LogP contribution in [0.15, 0.2) is 36.8 Å². The third kappa shape index (κ3) is 3.19. The summed E-state index contributed by atoms with van der Waals surface area (Å²) in [5.74, 6) is 1.06. The highest BCUT2D eigenvalue weighted by Gasteiger charge is 2.40. The predicted molar refractivity (Wildman–Crippen MR) is 93.8 cm³/mol. The van der Waals surface area contributed by atoms with Crippen LogP contribution in [0.25, 0.3) is 0 Å². The van der Waals surface area contributed by atoms with Gasteiger partial charge in [0.25, 0.3) is 0 Å². The summed E-state index contributed by atoms with van der Waals surface area (Å²) >= 11 is 0. The Balaban J connectivity index is 1.60. The van der Waals surface area contributed by atoms with Gasteiger partial charge in [-0.15, -0.1) is 0 Å². The summed E-state index contributed by atoms with van der Waals surface area (Å²) < 4.78 is 6.63. The van der Waals surface area contributed by atoms with E-state index in [4.69, 9.17) is 4.74 Å². The Hall–Kier alpha value is -1.85. The van der Waals surface area contributed by atoms with Crippen LogP contribution in [0.2, 0.25) is 0 Å². The summed E-state index contributed by atoms with van der Waals surface area (Å²) in [6.07, 6.45) is 8.24. The van der Waals surface area contributed by atoms with Gasteiger partial charge in [-0.2, -0.15) is 0 Å². The molecule has 1 fully saturated rings. The number of para-hydroxylation sites is 1. The molecule has 2 heterocycles. The highest BCUT2D eigenvalue weighted by atomic mass is 16.5. The van der Waals surface area contributed by atoms with Crippen LogP contribution in [-0.4, -0.2) is 40.1 Å². The lowest BCUT2D eigenvalue weighted by Crippen LogP contribution is -2.50. The maximum Gasteiger partial charge on any atom is 0.124 e. The molecule has 2 N–H and O–H groups in total. The standard InChI is InChI=1S/C19H26N4O/c1-20-16-6-8-19(9-7-16)13-23(12-17-10-21-14-22-17)11-15-4-2-3-5-18(15)24-19/h2-5,10,14,16,20H,6-9,11-13H2,1H3,(H,21,22). The van der Waals surface area contributed by atoms with Gasteiger partial charge < -0.3 is 15.0 Å². The molecule has 0 atom stereocenters. The minimum atomic E-state index is -0.0695. The lowest BCUT2D eigenvalue weighted by molar-refractivity contribution is -0.00342. The molecule has 1 spiro atoms. The van der Waals surface area contributed by atoms with E-state index < -0.39 is 0 Å². The van der Waals surface area contributed by atoms with Crippen molar-refractivity contribution in [2.24, 2.45) is 0 Å². The number of aromatic nitrogens is 2. The maximum absolute atomic E-state index is 6.63. The van der Waals surface area contributed by atoms with Gasteiger partial charge in [0.15, 0.2) is 0 Å². The predicted octanol–water partition coefficient (Wildman–Crippen LogP) is 2.71. The first-order valence-electron chi connectivity index (χ1n) is 8.90. The second-order valence-electron chi connectivity index (χ2n) is 7.18. The van der Waals surface area contributed by atoms with E-state index >= 15 is 0 Å². The number of H-pyrrole nitrogens is 1. The molecule has 0 saturated heterocycles. The lowest BCUT2D eigenvalue weighted by Gasteiger charge is -2.41. The molecule has 0 unspecified atom stereocenters. The van der Waals surface area contributed by atoms with Crippen LogP contribution in [-0.2, 0) is 13.1 Å². The summed E-state index contributed by atoms with van der Waals surface area (Å²) in [4.78, 5) is 9.89. The normalized spacial score (nSPS) is 27.5. The zero-order valence-corrected chi connectivity index (χ0v) is 14.3. The van der Waals surface area contributed by atoms with E-state index in [2.05, 4.69) is 51.5 Å². The molecule has 0 bridgehead atoms. The molecule has 1 aromatic heterocycles. The van der Waals surface area contributed by atoms with Crippen molar-refractivity contribution in [3.8, 4) is 5.75 Å². The topological polar surface area (TPSA) is 53.2 Å². The van der Waals surface area contributed by atoms with Gasteiger partial charge in [-0.1, -0.05) is 18.2 Å². The molecular formula is C19H26N4O. The zero-order chi connectivity index (χ0) is 16.4. The Bertz CT molecular complexity index is 662. The number of fused-ring (bicyclic) bond motifs is 1. The third-order valence-corrected chi connectivity index (χ3v) is 5.46. The Kier molecular flexibility index (Phi) is 4.29. The Morgan fingerprint density at radius 1 is 1.33 bits per heavy atom. The Labute approximate surface area is 143 Å². The first-order valence-corrected chi connectivity index (χ1v) is 8.90. The summed E-state index contributed by atoms with van der Waals surface area (Å²) in [6.45, 7) is 2.78. The van der Waals surface area contributed by atoms with Crippen LogP contribution in [0.3, 0.4) is 0 Å². The van der Waals surface area contributed by atoms with Crippen LogP contribution in [0.4, 0.5) is 0 Å². The van der Waals surface area contributed by atoms with Crippen molar-refractivity contribution >= 4 is 0 Å². The quantitative estimate of drug-likeness (QED) is 0.910. The molecule has 5 heteroatoms. The van der Waals surface area contributed by atoms with Gasteiger partial charge in [0, 0.05) is 43.1 Å². The molecule has 24 heavy (non-hydrogen) atoms. The molecule has 1 aliphatic carbocycles. The van der Waals surface area contributed by atoms with Gasteiger partial charge in [0.05, 0.1) is 6.33 Å². The summed E-state index contributed by atoms with van der Waals surface area (Å²) in [5.41, 5.74) is 2.37. The number of nitrogens with one attached hydrogen (secondary N) is 2. The third-order valence-electron chi connectivity index (χ3n) is 5.46. The van der Waals surface area contributed by atoms with E-state index in [0.29, 0.717) is 6.04 Å². The SMILES string of the molecule is CNC1CCC2(CC1)CN(Cc1cnc[nH]1)Cc1ccccc1O2. The van der Waals surface area contributed by atoms with Crippen molar-refractivity contribution < 1.29 is 4.74 Å². The van der Waals surface area contributed by atoms with Crippen LogP contribution < -0.4 is 10.1 Å². The number of hydrogen-bond acceptors (Lipinski definition) is 4. The van der Waals surface area contributed by atoms with Crippen LogP contribution in [0.1, 0.15) is 36.9 Å². The lowest BCUT2D eigenvalue weighted by atomic mass is 9.81. The number of benzene rings is 1. The fraction of sp³-hybridized carbons (Fsp3) is 0.526. The monoisotopic (exact) mass is 326 g/mol. The molecule has 5 nitrogen and oxygen atoms in total. The number of rotatable bonds is 3. The molecule has 0 radical (unpaired) electrons. The highest BCUT2D eigenvalue weighted by Crippen LogP contribution is 2.38. The average Bonchev–Trinajstić information content (AvgIpc) is 3.05. The van der Waals surface area contributed by atoms with Gasteiger partial charge in [0.1, 0.15) is 11.4 Å². The maximum atomic E-state index is 6.63. The number of nitrogens with zero attached hydrogens (tertiary/aromatic N) is 2. The summed E-state index contributed by atoms with van der Waals surface area (Å²) in [7, 11) is 2.07. The number of ether oxygens (including phenoxy) is 1. The van der Waals surface area contributed by atoms with Gasteiger partial charge >= 0.3 is 0 Å². The molecule has 128 valence electrons. The molecule has 4 rings (SSSR count). The smallest absolute Gasteiger partial charge is 0.124 e. The minimum Gasteiger partial charge on any atom is -0.486 e. The molecule has 1 aliphatic heterocycles. The largest absolute Gasteiger partial charge is 0.486 e. The van der Waals surface area contributed by atoms with E-state index in [1.165, 1.54) is 18.4 Å². The molecule has 1 aromatic carbocycles.